The second-order valence-electron chi connectivity index (χ2n) is 3.52. The molecule has 0 rings (SSSR count). The maximum atomic E-state index is 11.5. The van der Waals surface area contributed by atoms with Crippen LogP contribution in [0.1, 0.15) is 27.2 Å². The van der Waals surface area contributed by atoms with Crippen molar-refractivity contribution in [2.75, 3.05) is 19.6 Å². The average molecular weight is 215 g/mol. The highest BCUT2D eigenvalue weighted by Crippen LogP contribution is 1.89. The molecule has 0 aromatic carbocycles. The van der Waals surface area contributed by atoms with E-state index in [0.29, 0.717) is 13.1 Å². The van der Waals surface area contributed by atoms with E-state index in [2.05, 4.69) is 5.32 Å². The molecule has 5 nitrogen and oxygen atoms in total. The Bertz CT molecular complexity index is 213. The second-order valence-corrected chi connectivity index (χ2v) is 3.52. The predicted octanol–water partition coefficient (Wildman–Crippen LogP) is -0.292. The van der Waals surface area contributed by atoms with Gasteiger partial charge in [0.2, 0.25) is 11.8 Å². The van der Waals surface area contributed by atoms with Gasteiger partial charge in [-0.25, -0.2) is 0 Å². The van der Waals surface area contributed by atoms with Crippen LogP contribution >= 0.6 is 0 Å². The van der Waals surface area contributed by atoms with Gasteiger partial charge in [-0.1, -0.05) is 0 Å². The summed E-state index contributed by atoms with van der Waals surface area (Å²) in [5.74, 6) is -0.233. The van der Waals surface area contributed by atoms with E-state index in [-0.39, 0.29) is 30.8 Å². The number of nitrogens with one attached hydrogen (secondary N) is 1. The Hall–Kier alpha value is -1.10. The zero-order chi connectivity index (χ0) is 11.8. The minimum atomic E-state index is -0.175. The number of rotatable bonds is 6. The second kappa shape index (κ2) is 7.23. The van der Waals surface area contributed by atoms with Crippen molar-refractivity contribution in [2.24, 2.45) is 5.73 Å². The molecule has 0 fully saturated rings. The van der Waals surface area contributed by atoms with Gasteiger partial charge in [0.15, 0.2) is 0 Å². The van der Waals surface area contributed by atoms with E-state index in [9.17, 15) is 9.59 Å². The van der Waals surface area contributed by atoms with Crippen LogP contribution in [0.15, 0.2) is 0 Å². The first-order chi connectivity index (χ1) is 7.01. The van der Waals surface area contributed by atoms with Crippen molar-refractivity contribution in [3.8, 4) is 0 Å². The molecule has 0 heterocycles. The average Bonchev–Trinajstić information content (AvgIpc) is 2.15. The monoisotopic (exact) mass is 215 g/mol. The number of nitrogens with two attached hydrogens (primary N) is 1. The first-order valence-corrected chi connectivity index (χ1v) is 5.31. The van der Waals surface area contributed by atoms with Crippen LogP contribution in [0.25, 0.3) is 0 Å². The minimum Gasteiger partial charge on any atom is -0.347 e. The van der Waals surface area contributed by atoms with Crippen molar-refractivity contribution >= 4 is 11.8 Å². The van der Waals surface area contributed by atoms with Crippen molar-refractivity contribution in [3.05, 3.63) is 0 Å². The summed E-state index contributed by atoms with van der Waals surface area (Å²) in [6.07, 6.45) is 0.255. The molecule has 1 unspecified atom stereocenters. The summed E-state index contributed by atoms with van der Waals surface area (Å²) >= 11 is 0. The fourth-order valence-corrected chi connectivity index (χ4v) is 1.23. The van der Waals surface area contributed by atoms with Crippen molar-refractivity contribution in [1.82, 2.24) is 10.2 Å². The molecule has 15 heavy (non-hydrogen) atoms. The molecule has 1 atom stereocenters. The van der Waals surface area contributed by atoms with Gasteiger partial charge in [0.1, 0.15) is 0 Å². The third kappa shape index (κ3) is 6.06. The normalized spacial score (nSPS) is 12.0. The van der Waals surface area contributed by atoms with Crippen LogP contribution < -0.4 is 11.1 Å². The number of likely N-dealkylation sites (N-methyl/N-ethyl adjacent to an activating group) is 1. The van der Waals surface area contributed by atoms with Gasteiger partial charge < -0.3 is 16.0 Å². The van der Waals surface area contributed by atoms with Gasteiger partial charge >= 0.3 is 0 Å². The van der Waals surface area contributed by atoms with Gasteiger partial charge in [0.25, 0.3) is 0 Å². The molecule has 0 aromatic heterocycles. The molecule has 88 valence electrons. The Kier molecular flexibility index (Phi) is 6.70. The molecule has 3 N–H and O–H groups in total. The number of carbonyl (C=O) groups is 2. The van der Waals surface area contributed by atoms with E-state index in [4.69, 9.17) is 5.73 Å². The summed E-state index contributed by atoms with van der Waals surface area (Å²) in [6, 6.07) is -0.173. The maximum Gasteiger partial charge on any atom is 0.241 e. The number of carbonyl (C=O) groups excluding carboxylic acids is 2. The quantitative estimate of drug-likeness (QED) is 0.639. The topological polar surface area (TPSA) is 75.4 Å². The van der Waals surface area contributed by atoms with E-state index < -0.39 is 0 Å². The standard InChI is InChI=1S/C10H21N3O2/c1-4-13(5-2)10(15)7-12-9(14)6-8(3)11/h8H,4-7,11H2,1-3H3,(H,12,14). The zero-order valence-electron chi connectivity index (χ0n) is 9.75. The lowest BCUT2D eigenvalue weighted by Gasteiger charge is -2.18. The lowest BCUT2D eigenvalue weighted by atomic mass is 10.2. The molecule has 0 aromatic rings. The largest absolute Gasteiger partial charge is 0.347 e. The molecule has 0 saturated heterocycles. The molecule has 5 heteroatoms. The first-order valence-electron chi connectivity index (χ1n) is 5.31. The van der Waals surface area contributed by atoms with E-state index in [1.165, 1.54) is 0 Å². The minimum absolute atomic E-state index is 0.0574. The first kappa shape index (κ1) is 13.9. The van der Waals surface area contributed by atoms with E-state index in [1.54, 1.807) is 11.8 Å². The summed E-state index contributed by atoms with van der Waals surface area (Å²) in [7, 11) is 0. The van der Waals surface area contributed by atoms with Crippen LogP contribution in [0.4, 0.5) is 0 Å². The maximum absolute atomic E-state index is 11.5. The predicted molar refractivity (Wildman–Crippen MR) is 59.2 cm³/mol. The summed E-state index contributed by atoms with van der Waals surface area (Å²) in [4.78, 5) is 24.3. The van der Waals surface area contributed by atoms with Crippen LogP contribution in [0.5, 0.6) is 0 Å². The lowest BCUT2D eigenvalue weighted by molar-refractivity contribution is -0.132. The van der Waals surface area contributed by atoms with Crippen molar-refractivity contribution < 1.29 is 9.59 Å². The molecule has 0 spiro atoms. The smallest absolute Gasteiger partial charge is 0.241 e. The van der Waals surface area contributed by atoms with Crippen molar-refractivity contribution in [2.45, 2.75) is 33.2 Å². The third-order valence-corrected chi connectivity index (χ3v) is 2.06. The molecule has 0 saturated carbocycles. The van der Waals surface area contributed by atoms with Crippen LogP contribution in [-0.4, -0.2) is 42.4 Å². The van der Waals surface area contributed by atoms with Crippen molar-refractivity contribution in [3.63, 3.8) is 0 Å². The van der Waals surface area contributed by atoms with E-state index >= 15 is 0 Å². The van der Waals surface area contributed by atoms with Gasteiger partial charge in [-0.05, 0) is 20.8 Å². The summed E-state index contributed by atoms with van der Waals surface area (Å²) < 4.78 is 0. The lowest BCUT2D eigenvalue weighted by Crippen LogP contribution is -2.41. The fraction of sp³-hybridized carbons (Fsp3) is 0.800. The van der Waals surface area contributed by atoms with Gasteiger partial charge in [-0.2, -0.15) is 0 Å². The molecule has 2 amide bonds. The Morgan fingerprint density at radius 1 is 1.33 bits per heavy atom. The zero-order valence-corrected chi connectivity index (χ0v) is 9.75. The molecule has 0 aliphatic heterocycles. The molecule has 0 radical (unpaired) electrons. The Balaban J connectivity index is 3.84. The number of amides is 2. The SMILES string of the molecule is CCN(CC)C(=O)CNC(=O)CC(C)N. The van der Waals surface area contributed by atoms with Gasteiger partial charge in [-0.3, -0.25) is 9.59 Å². The van der Waals surface area contributed by atoms with Gasteiger partial charge in [-0.15, -0.1) is 0 Å². The van der Waals surface area contributed by atoms with E-state index in [0.717, 1.165) is 0 Å². The van der Waals surface area contributed by atoms with Crippen LogP contribution in [0.3, 0.4) is 0 Å². The molecular weight excluding hydrogens is 194 g/mol. The Morgan fingerprint density at radius 3 is 2.27 bits per heavy atom. The summed E-state index contributed by atoms with van der Waals surface area (Å²) in [5, 5.41) is 2.55. The van der Waals surface area contributed by atoms with Crippen LogP contribution in [0.2, 0.25) is 0 Å². The molecule has 0 aliphatic carbocycles. The highest BCUT2D eigenvalue weighted by atomic mass is 16.2. The molecular formula is C10H21N3O2. The molecule has 0 aliphatic rings. The van der Waals surface area contributed by atoms with Crippen molar-refractivity contribution in [1.29, 1.82) is 0 Å². The van der Waals surface area contributed by atoms with Crippen LogP contribution in [-0.2, 0) is 9.59 Å². The fourth-order valence-electron chi connectivity index (χ4n) is 1.23. The third-order valence-electron chi connectivity index (χ3n) is 2.06. The number of nitrogens with zero attached hydrogens (tertiary/aromatic N) is 1. The highest BCUT2D eigenvalue weighted by Gasteiger charge is 2.11. The van der Waals surface area contributed by atoms with E-state index in [1.807, 2.05) is 13.8 Å². The summed E-state index contributed by atoms with van der Waals surface area (Å²) in [5.41, 5.74) is 5.46. The number of hydrogen-bond acceptors (Lipinski definition) is 3. The number of hydrogen-bond donors (Lipinski definition) is 2. The molecule has 0 bridgehead atoms. The Morgan fingerprint density at radius 2 is 1.87 bits per heavy atom. The Labute approximate surface area is 91.0 Å². The summed E-state index contributed by atoms with van der Waals surface area (Å²) in [6.45, 7) is 6.96. The van der Waals surface area contributed by atoms with Crippen LogP contribution in [0, 0.1) is 0 Å². The van der Waals surface area contributed by atoms with Gasteiger partial charge in [0.05, 0.1) is 6.54 Å². The van der Waals surface area contributed by atoms with Gasteiger partial charge in [0, 0.05) is 25.6 Å². The highest BCUT2D eigenvalue weighted by molar-refractivity contribution is 5.84.